The van der Waals surface area contributed by atoms with Gasteiger partial charge in [-0.25, -0.2) is 13.1 Å². The average Bonchev–Trinajstić information content (AvgIpc) is 2.93. The van der Waals surface area contributed by atoms with Crippen LogP contribution in [0.1, 0.15) is 19.4 Å². The summed E-state index contributed by atoms with van der Waals surface area (Å²) in [5.74, 6) is 0.0958. The molecule has 0 aliphatic carbocycles. The van der Waals surface area contributed by atoms with E-state index in [1.54, 1.807) is 42.2 Å². The lowest BCUT2D eigenvalue weighted by Gasteiger charge is -2.22. The summed E-state index contributed by atoms with van der Waals surface area (Å²) in [5.41, 5.74) is 0.542. The van der Waals surface area contributed by atoms with Crippen molar-refractivity contribution < 1.29 is 8.42 Å². The van der Waals surface area contributed by atoms with Crippen molar-refractivity contribution in [2.45, 2.75) is 38.3 Å². The number of aromatic nitrogens is 3. The summed E-state index contributed by atoms with van der Waals surface area (Å²) in [6, 6.07) is 4.55. The van der Waals surface area contributed by atoms with Gasteiger partial charge >= 0.3 is 0 Å². The molecule has 0 saturated carbocycles. The average molecular weight is 343 g/mol. The minimum atomic E-state index is -3.66. The third-order valence-corrected chi connectivity index (χ3v) is 5.52. The van der Waals surface area contributed by atoms with Gasteiger partial charge in [-0.05, 0) is 30.5 Å². The van der Waals surface area contributed by atoms with Crippen LogP contribution in [-0.4, -0.2) is 29.5 Å². The van der Waals surface area contributed by atoms with Crippen molar-refractivity contribution in [1.29, 1.82) is 0 Å². The Morgan fingerprint density at radius 1 is 1.36 bits per heavy atom. The topological polar surface area (TPSA) is 76.9 Å². The van der Waals surface area contributed by atoms with Crippen molar-refractivity contribution in [3.63, 3.8) is 0 Å². The van der Waals surface area contributed by atoms with E-state index in [0.29, 0.717) is 17.1 Å². The van der Waals surface area contributed by atoms with Gasteiger partial charge in [0.2, 0.25) is 10.0 Å². The third kappa shape index (κ3) is 3.85. The van der Waals surface area contributed by atoms with Gasteiger partial charge < -0.3 is 0 Å². The molecule has 1 aromatic heterocycles. The van der Waals surface area contributed by atoms with Crippen LogP contribution in [0.4, 0.5) is 0 Å². The van der Waals surface area contributed by atoms with Crippen molar-refractivity contribution in [1.82, 2.24) is 19.7 Å². The Morgan fingerprint density at radius 3 is 2.68 bits per heavy atom. The fourth-order valence-corrected chi connectivity index (χ4v) is 3.93. The molecule has 1 N–H and O–H groups in total. The van der Waals surface area contributed by atoms with Gasteiger partial charge in [-0.1, -0.05) is 36.7 Å². The second kappa shape index (κ2) is 6.76. The van der Waals surface area contributed by atoms with E-state index in [4.69, 9.17) is 11.6 Å². The molecule has 1 aromatic carbocycles. The molecule has 0 aliphatic heterocycles. The summed E-state index contributed by atoms with van der Waals surface area (Å²) in [6.45, 7) is 6.01. The number of nitrogens with one attached hydrogen (secondary N) is 1. The number of halogens is 1. The maximum Gasteiger partial charge on any atom is 0.241 e. The Balaban J connectivity index is 2.26. The maximum absolute atomic E-state index is 12.6. The molecular formula is C14H19ClN4O2S. The van der Waals surface area contributed by atoms with Crippen LogP contribution in [0, 0.1) is 12.8 Å². The van der Waals surface area contributed by atoms with Gasteiger partial charge in [-0.2, -0.15) is 0 Å². The molecule has 2 aromatic rings. The summed E-state index contributed by atoms with van der Waals surface area (Å²) in [4.78, 5) is 0.198. The molecule has 0 aliphatic rings. The predicted octanol–water partition coefficient (Wildman–Crippen LogP) is 2.24. The molecular weight excluding hydrogens is 324 g/mol. The van der Waals surface area contributed by atoms with Gasteiger partial charge in [0.15, 0.2) is 0 Å². The van der Waals surface area contributed by atoms with Gasteiger partial charge in [0.05, 0.1) is 17.6 Å². The molecule has 120 valence electrons. The van der Waals surface area contributed by atoms with Crippen LogP contribution in [0.5, 0.6) is 0 Å². The van der Waals surface area contributed by atoms with Crippen molar-refractivity contribution >= 4 is 21.6 Å². The molecule has 0 fully saturated rings. The number of sulfonamides is 1. The number of nitrogens with zero attached hydrogens (tertiary/aromatic N) is 3. The standard InChI is InChI=1S/C14H19ClN4O2S/c1-10(2)13(9-19-8-7-16-18-19)17-22(20,21)14-6-4-5-12(15)11(14)3/h4-8,10,13,17H,9H2,1-3H3. The van der Waals surface area contributed by atoms with E-state index in [1.807, 2.05) is 13.8 Å². The highest BCUT2D eigenvalue weighted by molar-refractivity contribution is 7.89. The predicted molar refractivity (Wildman–Crippen MR) is 85.2 cm³/mol. The maximum atomic E-state index is 12.6. The van der Waals surface area contributed by atoms with Crippen LogP contribution < -0.4 is 4.72 Å². The summed E-state index contributed by atoms with van der Waals surface area (Å²) in [5, 5.41) is 8.05. The van der Waals surface area contributed by atoms with Crippen LogP contribution in [0.25, 0.3) is 0 Å². The second-order valence-electron chi connectivity index (χ2n) is 5.46. The largest absolute Gasteiger partial charge is 0.251 e. The molecule has 0 radical (unpaired) electrons. The Kier molecular flexibility index (Phi) is 5.20. The molecule has 22 heavy (non-hydrogen) atoms. The van der Waals surface area contributed by atoms with Gasteiger partial charge in [0.25, 0.3) is 0 Å². The van der Waals surface area contributed by atoms with E-state index >= 15 is 0 Å². The van der Waals surface area contributed by atoms with Crippen molar-refractivity contribution in [3.8, 4) is 0 Å². The molecule has 0 amide bonds. The van der Waals surface area contributed by atoms with Crippen molar-refractivity contribution in [3.05, 3.63) is 41.2 Å². The molecule has 0 bridgehead atoms. The SMILES string of the molecule is Cc1c(Cl)cccc1S(=O)(=O)NC(Cn1ccnn1)C(C)C. The van der Waals surface area contributed by atoms with Crippen molar-refractivity contribution in [2.75, 3.05) is 0 Å². The fourth-order valence-electron chi connectivity index (χ4n) is 2.06. The van der Waals surface area contributed by atoms with E-state index in [9.17, 15) is 8.42 Å². The van der Waals surface area contributed by atoms with Crippen LogP contribution in [0.3, 0.4) is 0 Å². The Bertz CT molecular complexity index is 729. The molecule has 1 heterocycles. The number of hydrogen-bond donors (Lipinski definition) is 1. The molecule has 1 atom stereocenters. The summed E-state index contributed by atoms with van der Waals surface area (Å²) < 4.78 is 29.6. The molecule has 8 heteroatoms. The molecule has 2 rings (SSSR count). The minimum Gasteiger partial charge on any atom is -0.251 e. The Hall–Kier alpha value is -1.44. The van der Waals surface area contributed by atoms with Crippen LogP contribution >= 0.6 is 11.6 Å². The van der Waals surface area contributed by atoms with E-state index in [1.165, 1.54) is 0 Å². The summed E-state index contributed by atoms with van der Waals surface area (Å²) in [7, 11) is -3.66. The lowest BCUT2D eigenvalue weighted by Crippen LogP contribution is -2.41. The Morgan fingerprint density at radius 2 is 2.09 bits per heavy atom. The zero-order valence-corrected chi connectivity index (χ0v) is 14.3. The van der Waals surface area contributed by atoms with Crippen LogP contribution in [0.15, 0.2) is 35.5 Å². The lowest BCUT2D eigenvalue weighted by molar-refractivity contribution is 0.378. The summed E-state index contributed by atoms with van der Waals surface area (Å²) in [6.07, 6.45) is 3.27. The lowest BCUT2D eigenvalue weighted by atomic mass is 10.1. The smallest absolute Gasteiger partial charge is 0.241 e. The number of rotatable bonds is 6. The van der Waals surface area contributed by atoms with Gasteiger partial charge in [-0.3, -0.25) is 4.68 Å². The molecule has 1 unspecified atom stereocenters. The van der Waals surface area contributed by atoms with E-state index < -0.39 is 10.0 Å². The monoisotopic (exact) mass is 342 g/mol. The van der Waals surface area contributed by atoms with Gasteiger partial charge in [-0.15, -0.1) is 5.10 Å². The second-order valence-corrected chi connectivity index (χ2v) is 7.55. The highest BCUT2D eigenvalue weighted by Crippen LogP contribution is 2.23. The Labute approximate surface area is 135 Å². The van der Waals surface area contributed by atoms with E-state index in [0.717, 1.165) is 0 Å². The molecule has 0 spiro atoms. The zero-order chi connectivity index (χ0) is 16.3. The summed E-state index contributed by atoms with van der Waals surface area (Å²) >= 11 is 6.02. The number of benzene rings is 1. The quantitative estimate of drug-likeness (QED) is 0.873. The van der Waals surface area contributed by atoms with Gasteiger partial charge in [0, 0.05) is 17.3 Å². The highest BCUT2D eigenvalue weighted by Gasteiger charge is 2.25. The first-order chi connectivity index (χ1) is 10.3. The fraction of sp³-hybridized carbons (Fsp3) is 0.429. The zero-order valence-electron chi connectivity index (χ0n) is 12.7. The normalized spacial score (nSPS) is 13.5. The first-order valence-corrected chi connectivity index (χ1v) is 8.79. The first-order valence-electron chi connectivity index (χ1n) is 6.93. The first kappa shape index (κ1) is 16.9. The van der Waals surface area contributed by atoms with Crippen LogP contribution in [0.2, 0.25) is 5.02 Å². The van der Waals surface area contributed by atoms with E-state index in [-0.39, 0.29) is 16.9 Å². The number of hydrogen-bond acceptors (Lipinski definition) is 4. The highest BCUT2D eigenvalue weighted by atomic mass is 35.5. The van der Waals surface area contributed by atoms with Crippen LogP contribution in [-0.2, 0) is 16.6 Å². The van der Waals surface area contributed by atoms with Gasteiger partial charge in [0.1, 0.15) is 0 Å². The minimum absolute atomic E-state index is 0.0958. The molecule has 6 nitrogen and oxygen atoms in total. The molecule has 0 saturated heterocycles. The van der Waals surface area contributed by atoms with E-state index in [2.05, 4.69) is 15.0 Å². The van der Waals surface area contributed by atoms with Crippen molar-refractivity contribution in [2.24, 2.45) is 5.92 Å². The third-order valence-electron chi connectivity index (χ3n) is 3.47.